The Morgan fingerprint density at radius 2 is 2.08 bits per heavy atom. The van der Waals surface area contributed by atoms with Crippen LogP contribution in [0.25, 0.3) is 10.9 Å². The smallest absolute Gasteiger partial charge is 0.261 e. The standard InChI is InChI=1S/C18H13F2N3O3/c1-9-8-26-17-14(20)13(19)6-11-15(17)23(9)7-12(16(11)24)18(25)22-10-2-4-21-5-3-10/h2-7,9H,8H2,1H3,(H,21,22,25)/t9-/m0/s1. The maximum absolute atomic E-state index is 14.1. The lowest BCUT2D eigenvalue weighted by Crippen LogP contribution is -2.29. The number of carbonyl (C=O) groups excluding carboxylic acids is 1. The van der Waals surface area contributed by atoms with Crippen LogP contribution < -0.4 is 15.5 Å². The number of ether oxygens (including phenoxy) is 1. The van der Waals surface area contributed by atoms with Crippen molar-refractivity contribution in [1.29, 1.82) is 0 Å². The Hall–Kier alpha value is -3.29. The fraction of sp³-hybridized carbons (Fsp3) is 0.167. The molecule has 26 heavy (non-hydrogen) atoms. The fourth-order valence-corrected chi connectivity index (χ4v) is 2.99. The lowest BCUT2D eigenvalue weighted by Gasteiger charge is -2.27. The van der Waals surface area contributed by atoms with Crippen molar-refractivity contribution in [3.05, 3.63) is 64.2 Å². The Morgan fingerprint density at radius 3 is 2.81 bits per heavy atom. The van der Waals surface area contributed by atoms with Gasteiger partial charge in [-0.2, -0.15) is 4.39 Å². The summed E-state index contributed by atoms with van der Waals surface area (Å²) in [7, 11) is 0. The number of nitrogens with zero attached hydrogens (tertiary/aromatic N) is 2. The van der Waals surface area contributed by atoms with Crippen LogP contribution in [-0.2, 0) is 0 Å². The van der Waals surface area contributed by atoms with Crippen molar-refractivity contribution in [3.63, 3.8) is 0 Å². The van der Waals surface area contributed by atoms with Gasteiger partial charge in [-0.1, -0.05) is 0 Å². The van der Waals surface area contributed by atoms with Gasteiger partial charge in [-0.15, -0.1) is 0 Å². The maximum atomic E-state index is 14.1. The summed E-state index contributed by atoms with van der Waals surface area (Å²) in [5, 5.41) is 2.49. The molecular weight excluding hydrogens is 344 g/mol. The number of rotatable bonds is 2. The molecular formula is C18H13F2N3O3. The van der Waals surface area contributed by atoms with Crippen LogP contribution >= 0.6 is 0 Å². The van der Waals surface area contributed by atoms with Crippen LogP contribution in [0, 0.1) is 11.6 Å². The zero-order valence-electron chi connectivity index (χ0n) is 13.6. The predicted molar refractivity (Wildman–Crippen MR) is 90.5 cm³/mol. The molecule has 0 saturated carbocycles. The Kier molecular flexibility index (Phi) is 3.68. The number of halogens is 2. The molecule has 0 spiro atoms. The van der Waals surface area contributed by atoms with Gasteiger partial charge in [0.25, 0.3) is 5.91 Å². The molecule has 2 aromatic heterocycles. The summed E-state index contributed by atoms with van der Waals surface area (Å²) in [5.41, 5.74) is -0.251. The molecule has 1 amide bonds. The zero-order chi connectivity index (χ0) is 18.4. The molecule has 0 aliphatic carbocycles. The zero-order valence-corrected chi connectivity index (χ0v) is 13.6. The van der Waals surface area contributed by atoms with Gasteiger partial charge in [0, 0.05) is 24.3 Å². The predicted octanol–water partition coefficient (Wildman–Crippen LogP) is 2.88. The van der Waals surface area contributed by atoms with Crippen molar-refractivity contribution >= 4 is 22.5 Å². The van der Waals surface area contributed by atoms with E-state index in [0.717, 1.165) is 6.07 Å². The lowest BCUT2D eigenvalue weighted by atomic mass is 10.1. The highest BCUT2D eigenvalue weighted by molar-refractivity contribution is 6.06. The van der Waals surface area contributed by atoms with Gasteiger partial charge < -0.3 is 14.6 Å². The van der Waals surface area contributed by atoms with Gasteiger partial charge in [0.1, 0.15) is 12.2 Å². The first-order valence-electron chi connectivity index (χ1n) is 7.88. The Morgan fingerprint density at radius 1 is 1.35 bits per heavy atom. The monoisotopic (exact) mass is 357 g/mol. The molecule has 1 aliphatic heterocycles. The van der Waals surface area contributed by atoms with E-state index in [1.165, 1.54) is 18.6 Å². The third-order valence-corrected chi connectivity index (χ3v) is 4.29. The van der Waals surface area contributed by atoms with Gasteiger partial charge in [-0.3, -0.25) is 14.6 Å². The first kappa shape index (κ1) is 16.2. The third kappa shape index (κ3) is 2.42. The average molecular weight is 357 g/mol. The molecule has 1 aliphatic rings. The molecule has 0 fully saturated rings. The van der Waals surface area contributed by atoms with Gasteiger partial charge in [-0.05, 0) is 25.1 Å². The summed E-state index contributed by atoms with van der Waals surface area (Å²) in [6.45, 7) is 1.88. The SMILES string of the molecule is C[C@H]1COc2c(F)c(F)cc3c(=O)c(C(=O)Nc4ccncc4)cn1c23. The molecule has 0 saturated heterocycles. The van der Waals surface area contributed by atoms with Crippen LogP contribution in [-0.4, -0.2) is 22.1 Å². The van der Waals surface area contributed by atoms with Crippen LogP contribution in [0.2, 0.25) is 0 Å². The highest BCUT2D eigenvalue weighted by atomic mass is 19.2. The van der Waals surface area contributed by atoms with Crippen LogP contribution in [0.5, 0.6) is 5.75 Å². The molecule has 3 aromatic rings. The molecule has 8 heteroatoms. The lowest BCUT2D eigenvalue weighted by molar-refractivity contribution is 0.102. The van der Waals surface area contributed by atoms with E-state index in [0.29, 0.717) is 5.69 Å². The second kappa shape index (κ2) is 5.91. The van der Waals surface area contributed by atoms with Crippen LogP contribution in [0.3, 0.4) is 0 Å². The molecule has 1 aromatic carbocycles. The van der Waals surface area contributed by atoms with Crippen molar-refractivity contribution in [1.82, 2.24) is 9.55 Å². The molecule has 0 radical (unpaired) electrons. The molecule has 0 unspecified atom stereocenters. The third-order valence-electron chi connectivity index (χ3n) is 4.29. The van der Waals surface area contributed by atoms with Gasteiger partial charge in [-0.25, -0.2) is 4.39 Å². The number of pyridine rings is 2. The van der Waals surface area contributed by atoms with Crippen LogP contribution in [0.4, 0.5) is 14.5 Å². The number of aromatic nitrogens is 2. The molecule has 132 valence electrons. The minimum absolute atomic E-state index is 0.0940. The van der Waals surface area contributed by atoms with Gasteiger partial charge in [0.2, 0.25) is 11.2 Å². The van der Waals surface area contributed by atoms with Crippen LogP contribution in [0.1, 0.15) is 23.3 Å². The van der Waals surface area contributed by atoms with Crippen molar-refractivity contribution in [2.75, 3.05) is 11.9 Å². The normalized spacial score (nSPS) is 15.6. The molecule has 1 atom stereocenters. The van der Waals surface area contributed by atoms with E-state index in [1.54, 1.807) is 23.6 Å². The topological polar surface area (TPSA) is 73.2 Å². The molecule has 4 rings (SSSR count). The highest BCUT2D eigenvalue weighted by Gasteiger charge is 2.28. The number of benzene rings is 1. The largest absolute Gasteiger partial charge is 0.486 e. The van der Waals surface area contributed by atoms with Gasteiger partial charge in [0.05, 0.1) is 16.9 Å². The molecule has 3 heterocycles. The van der Waals surface area contributed by atoms with Crippen molar-refractivity contribution in [3.8, 4) is 5.75 Å². The number of nitrogens with one attached hydrogen (secondary N) is 1. The number of hydrogen-bond donors (Lipinski definition) is 1. The number of anilines is 1. The Bertz CT molecular complexity index is 1100. The number of amides is 1. The highest BCUT2D eigenvalue weighted by Crippen LogP contribution is 2.35. The minimum atomic E-state index is -1.20. The summed E-state index contributed by atoms with van der Waals surface area (Å²) in [4.78, 5) is 29.2. The number of hydrogen-bond acceptors (Lipinski definition) is 4. The minimum Gasteiger partial charge on any atom is -0.486 e. The van der Waals surface area contributed by atoms with E-state index in [2.05, 4.69) is 10.3 Å². The summed E-state index contributed by atoms with van der Waals surface area (Å²) in [6, 6.07) is 3.69. The Balaban J connectivity index is 1.93. The van der Waals surface area contributed by atoms with Crippen molar-refractivity contribution < 1.29 is 18.3 Å². The van der Waals surface area contributed by atoms with Gasteiger partial charge >= 0.3 is 0 Å². The molecule has 1 N–H and O–H groups in total. The maximum Gasteiger partial charge on any atom is 0.261 e. The summed E-state index contributed by atoms with van der Waals surface area (Å²) < 4.78 is 34.8. The van der Waals surface area contributed by atoms with E-state index < -0.39 is 23.0 Å². The van der Waals surface area contributed by atoms with Crippen molar-refractivity contribution in [2.24, 2.45) is 0 Å². The van der Waals surface area contributed by atoms with E-state index in [-0.39, 0.29) is 34.9 Å². The summed E-state index contributed by atoms with van der Waals surface area (Å²) in [5.74, 6) is -3.29. The summed E-state index contributed by atoms with van der Waals surface area (Å²) in [6.07, 6.45) is 4.35. The quantitative estimate of drug-likeness (QED) is 0.765. The van der Waals surface area contributed by atoms with Crippen molar-refractivity contribution in [2.45, 2.75) is 13.0 Å². The summed E-state index contributed by atoms with van der Waals surface area (Å²) >= 11 is 0. The second-order valence-corrected chi connectivity index (χ2v) is 6.03. The van der Waals surface area contributed by atoms with Crippen LogP contribution in [0.15, 0.2) is 41.6 Å². The fourth-order valence-electron chi connectivity index (χ4n) is 2.99. The first-order valence-corrected chi connectivity index (χ1v) is 7.88. The van der Waals surface area contributed by atoms with E-state index in [1.807, 2.05) is 0 Å². The molecule has 0 bridgehead atoms. The Labute approximate surface area is 146 Å². The van der Waals surface area contributed by atoms with Gasteiger partial charge in [0.15, 0.2) is 11.6 Å². The average Bonchev–Trinajstić information content (AvgIpc) is 2.63. The molecule has 6 nitrogen and oxygen atoms in total. The second-order valence-electron chi connectivity index (χ2n) is 6.03. The van der Waals surface area contributed by atoms with E-state index in [9.17, 15) is 18.4 Å². The van der Waals surface area contributed by atoms with E-state index in [4.69, 9.17) is 4.74 Å². The number of carbonyl (C=O) groups is 1. The first-order chi connectivity index (χ1) is 12.5. The van der Waals surface area contributed by atoms with E-state index >= 15 is 0 Å².